The van der Waals surface area contributed by atoms with Gasteiger partial charge in [0.05, 0.1) is 21.4 Å². The molecule has 2 heteroatoms. The molecule has 0 fully saturated rings. The molecule has 0 N–H and O–H groups in total. The fourth-order valence-corrected chi connectivity index (χ4v) is 7.82. The number of aromatic nitrogens is 1. The third-order valence-corrected chi connectivity index (χ3v) is 9.34. The monoisotopic (exact) mass is 499 g/mol. The summed E-state index contributed by atoms with van der Waals surface area (Å²) in [5.74, 6) is 0. The summed E-state index contributed by atoms with van der Waals surface area (Å²) in [6.45, 7) is 0. The second-order valence-corrected chi connectivity index (χ2v) is 11.1. The van der Waals surface area contributed by atoms with Crippen molar-refractivity contribution in [3.8, 4) is 5.69 Å². The predicted octanol–water partition coefficient (Wildman–Crippen LogP) is 10.6. The number of hydrogen-bond donors (Lipinski definition) is 0. The van der Waals surface area contributed by atoms with E-state index in [1.165, 1.54) is 80.0 Å². The van der Waals surface area contributed by atoms with Gasteiger partial charge in [-0.15, -0.1) is 11.3 Å². The van der Waals surface area contributed by atoms with Gasteiger partial charge in [0.25, 0.3) is 0 Å². The molecular formula is C36H21NS. The molecule has 0 aliphatic rings. The van der Waals surface area contributed by atoms with Crippen LogP contribution in [0.15, 0.2) is 127 Å². The van der Waals surface area contributed by atoms with Gasteiger partial charge in [-0.3, -0.25) is 0 Å². The van der Waals surface area contributed by atoms with Crippen LogP contribution in [-0.2, 0) is 0 Å². The Morgan fingerprint density at radius 1 is 0.395 bits per heavy atom. The Labute approximate surface area is 222 Å². The molecule has 2 heterocycles. The maximum atomic E-state index is 2.57. The predicted molar refractivity (Wildman–Crippen MR) is 166 cm³/mol. The Kier molecular flexibility index (Phi) is 3.99. The molecule has 0 bridgehead atoms. The summed E-state index contributed by atoms with van der Waals surface area (Å²) >= 11 is 1.91. The second-order valence-electron chi connectivity index (χ2n) is 10.1. The Balaban J connectivity index is 1.66. The Morgan fingerprint density at radius 2 is 1.00 bits per heavy atom. The van der Waals surface area contributed by atoms with E-state index >= 15 is 0 Å². The lowest BCUT2D eigenvalue weighted by atomic mass is 9.96. The van der Waals surface area contributed by atoms with Crippen molar-refractivity contribution in [3.63, 3.8) is 0 Å². The van der Waals surface area contributed by atoms with Crippen LogP contribution in [0.25, 0.3) is 80.0 Å². The fourth-order valence-electron chi connectivity index (χ4n) is 6.58. The lowest BCUT2D eigenvalue weighted by Gasteiger charge is -2.14. The van der Waals surface area contributed by atoms with E-state index in [-0.39, 0.29) is 0 Å². The molecule has 0 atom stereocenters. The van der Waals surface area contributed by atoms with Crippen molar-refractivity contribution >= 4 is 85.6 Å². The largest absolute Gasteiger partial charge is 0.307 e. The smallest absolute Gasteiger partial charge is 0.0720 e. The lowest BCUT2D eigenvalue weighted by Crippen LogP contribution is -1.96. The molecule has 0 saturated carbocycles. The Hall–Kier alpha value is -4.66. The molecule has 0 unspecified atom stereocenters. The SMILES string of the molecule is c1ccc2c(-n3c4c(ccc5c6ccccc6sc54)c4c5ccccc5c5ccccc5c43)cccc2c1. The van der Waals surface area contributed by atoms with Crippen molar-refractivity contribution in [3.05, 3.63) is 127 Å². The number of fused-ring (bicyclic) bond motifs is 13. The molecule has 1 nitrogen and oxygen atoms in total. The quantitative estimate of drug-likeness (QED) is 0.198. The van der Waals surface area contributed by atoms with Gasteiger partial charge in [0.2, 0.25) is 0 Å². The van der Waals surface area contributed by atoms with E-state index in [4.69, 9.17) is 0 Å². The van der Waals surface area contributed by atoms with E-state index in [9.17, 15) is 0 Å². The molecule has 9 rings (SSSR count). The van der Waals surface area contributed by atoms with Gasteiger partial charge in [-0.05, 0) is 33.7 Å². The molecule has 38 heavy (non-hydrogen) atoms. The minimum absolute atomic E-state index is 1.23. The minimum Gasteiger partial charge on any atom is -0.307 e. The summed E-state index contributed by atoms with van der Waals surface area (Å²) in [6.07, 6.45) is 0. The normalized spacial score (nSPS) is 12.2. The van der Waals surface area contributed by atoms with E-state index in [0.717, 1.165) is 0 Å². The molecule has 0 spiro atoms. The molecule has 0 aliphatic heterocycles. The van der Waals surface area contributed by atoms with Crippen LogP contribution in [-0.4, -0.2) is 4.57 Å². The number of thiophene rings is 1. The van der Waals surface area contributed by atoms with Gasteiger partial charge in [-0.25, -0.2) is 0 Å². The molecular weight excluding hydrogens is 478 g/mol. The van der Waals surface area contributed by atoms with Crippen LogP contribution in [0.4, 0.5) is 0 Å². The van der Waals surface area contributed by atoms with Crippen molar-refractivity contribution < 1.29 is 0 Å². The highest BCUT2D eigenvalue weighted by Crippen LogP contribution is 2.47. The molecule has 0 saturated heterocycles. The summed E-state index contributed by atoms with van der Waals surface area (Å²) in [6, 6.07) is 46.8. The average Bonchev–Trinajstić information content (AvgIpc) is 3.53. The van der Waals surface area contributed by atoms with Crippen molar-refractivity contribution in [1.82, 2.24) is 4.57 Å². The first kappa shape index (κ1) is 20.4. The number of rotatable bonds is 1. The van der Waals surface area contributed by atoms with Crippen LogP contribution in [0.3, 0.4) is 0 Å². The van der Waals surface area contributed by atoms with Crippen molar-refractivity contribution in [2.24, 2.45) is 0 Å². The highest BCUT2D eigenvalue weighted by molar-refractivity contribution is 7.26. The molecule has 0 amide bonds. The van der Waals surface area contributed by atoms with Gasteiger partial charge < -0.3 is 4.57 Å². The summed E-state index contributed by atoms with van der Waals surface area (Å²) in [7, 11) is 0. The molecule has 0 radical (unpaired) electrons. The highest BCUT2D eigenvalue weighted by atomic mass is 32.1. The summed E-state index contributed by atoms with van der Waals surface area (Å²) in [4.78, 5) is 0. The Bertz CT molecular complexity index is 2400. The van der Waals surface area contributed by atoms with E-state index in [1.807, 2.05) is 11.3 Å². The van der Waals surface area contributed by atoms with E-state index in [1.54, 1.807) is 0 Å². The fraction of sp³-hybridized carbons (Fsp3) is 0. The first-order valence-corrected chi connectivity index (χ1v) is 13.9. The van der Waals surface area contributed by atoms with Crippen LogP contribution in [0.5, 0.6) is 0 Å². The number of benzene rings is 7. The van der Waals surface area contributed by atoms with Crippen molar-refractivity contribution in [1.29, 1.82) is 0 Å². The molecule has 7 aromatic carbocycles. The van der Waals surface area contributed by atoms with Gasteiger partial charge in [-0.1, -0.05) is 115 Å². The van der Waals surface area contributed by atoms with Crippen LogP contribution < -0.4 is 0 Å². The van der Waals surface area contributed by atoms with Gasteiger partial charge >= 0.3 is 0 Å². The van der Waals surface area contributed by atoms with Crippen LogP contribution in [0.2, 0.25) is 0 Å². The zero-order valence-electron chi connectivity index (χ0n) is 20.5. The van der Waals surface area contributed by atoms with Gasteiger partial charge in [0, 0.05) is 37.0 Å². The van der Waals surface area contributed by atoms with E-state index in [2.05, 4.69) is 132 Å². The number of hydrogen-bond acceptors (Lipinski definition) is 1. The van der Waals surface area contributed by atoms with Gasteiger partial charge in [0.15, 0.2) is 0 Å². The number of nitrogens with zero attached hydrogens (tertiary/aromatic N) is 1. The molecule has 176 valence electrons. The van der Waals surface area contributed by atoms with Gasteiger partial charge in [0.1, 0.15) is 0 Å². The van der Waals surface area contributed by atoms with Crippen molar-refractivity contribution in [2.45, 2.75) is 0 Å². The standard InChI is InChI=1S/C36H21NS/c1-2-12-23-22(10-1)11-9-18-31(23)37-34-28-17-6-4-14-25(28)24-13-3-5-16-27(24)33(34)30-21-20-29-26-15-7-8-19-32(26)38-36(29)35(30)37/h1-21H. The highest BCUT2D eigenvalue weighted by Gasteiger charge is 2.22. The molecule has 9 aromatic rings. The van der Waals surface area contributed by atoms with Gasteiger partial charge in [-0.2, -0.15) is 0 Å². The first-order valence-electron chi connectivity index (χ1n) is 13.0. The first-order chi connectivity index (χ1) is 18.9. The second kappa shape index (κ2) is 7.44. The third kappa shape index (κ3) is 2.55. The van der Waals surface area contributed by atoms with Crippen LogP contribution >= 0.6 is 11.3 Å². The maximum absolute atomic E-state index is 2.57. The Morgan fingerprint density at radius 3 is 1.84 bits per heavy atom. The topological polar surface area (TPSA) is 4.93 Å². The summed E-state index contributed by atoms with van der Waals surface area (Å²) in [5, 5.41) is 13.0. The van der Waals surface area contributed by atoms with E-state index in [0.29, 0.717) is 0 Å². The lowest BCUT2D eigenvalue weighted by molar-refractivity contribution is 1.21. The molecule has 0 aliphatic carbocycles. The summed E-state index contributed by atoms with van der Waals surface area (Å²) in [5.41, 5.74) is 3.82. The van der Waals surface area contributed by atoms with E-state index < -0.39 is 0 Å². The zero-order chi connectivity index (χ0) is 24.8. The third-order valence-electron chi connectivity index (χ3n) is 8.15. The molecule has 2 aromatic heterocycles. The van der Waals surface area contributed by atoms with Crippen LogP contribution in [0.1, 0.15) is 0 Å². The summed E-state index contributed by atoms with van der Waals surface area (Å²) < 4.78 is 5.25. The maximum Gasteiger partial charge on any atom is 0.0720 e. The van der Waals surface area contributed by atoms with Crippen LogP contribution in [0, 0.1) is 0 Å². The minimum atomic E-state index is 1.23. The van der Waals surface area contributed by atoms with Crippen molar-refractivity contribution in [2.75, 3.05) is 0 Å². The average molecular weight is 500 g/mol. The zero-order valence-corrected chi connectivity index (χ0v) is 21.3.